The smallest absolute Gasteiger partial charge is 0.262 e. The highest BCUT2D eigenvalue weighted by molar-refractivity contribution is 7.19. The van der Waals surface area contributed by atoms with E-state index in [-0.39, 0.29) is 11.8 Å². The van der Waals surface area contributed by atoms with Crippen LogP contribution in [0.1, 0.15) is 58.4 Å². The quantitative estimate of drug-likeness (QED) is 0.525. The number of fused-ring (bicyclic) bond motifs is 1. The molecule has 9 heteroatoms. The van der Waals surface area contributed by atoms with Crippen LogP contribution in [0.2, 0.25) is 0 Å². The lowest BCUT2D eigenvalue weighted by molar-refractivity contribution is 0.0558. The highest BCUT2D eigenvalue weighted by Crippen LogP contribution is 2.50. The second-order valence-corrected chi connectivity index (χ2v) is 11.7. The second-order valence-electron chi connectivity index (χ2n) is 10.7. The summed E-state index contributed by atoms with van der Waals surface area (Å²) < 4.78 is 5.58. The first-order valence-corrected chi connectivity index (χ1v) is 14.0. The first-order valence-electron chi connectivity index (χ1n) is 13.2. The Morgan fingerprint density at radius 1 is 1.11 bits per heavy atom. The van der Waals surface area contributed by atoms with E-state index in [0.29, 0.717) is 42.3 Å². The number of rotatable bonds is 4. The molecule has 3 aliphatic heterocycles. The van der Waals surface area contributed by atoms with Crippen LogP contribution < -0.4 is 10.2 Å². The monoisotopic (exact) mass is 532 g/mol. The van der Waals surface area contributed by atoms with Gasteiger partial charge in [-0.25, -0.2) is 0 Å². The summed E-state index contributed by atoms with van der Waals surface area (Å²) in [4.78, 5) is 35.5. The van der Waals surface area contributed by atoms with Crippen molar-refractivity contribution >= 4 is 28.2 Å². The van der Waals surface area contributed by atoms with E-state index in [2.05, 4.69) is 15.2 Å². The number of pyridine rings is 1. The molecule has 1 atom stereocenters. The molecule has 3 aliphatic rings. The number of ether oxygens (including phenoxy) is 1. The van der Waals surface area contributed by atoms with Crippen molar-refractivity contribution in [3.8, 4) is 22.4 Å². The summed E-state index contributed by atoms with van der Waals surface area (Å²) in [6.45, 7) is 7.94. The number of aromatic nitrogens is 1. The van der Waals surface area contributed by atoms with Crippen molar-refractivity contribution in [3.05, 3.63) is 58.6 Å². The predicted octanol–water partition coefficient (Wildman–Crippen LogP) is 4.11. The number of nitrogens with one attached hydrogen (secondary N) is 1. The highest BCUT2D eigenvalue weighted by Gasteiger charge is 2.43. The number of benzene rings is 1. The average Bonchev–Trinajstić information content (AvgIpc) is 3.61. The summed E-state index contributed by atoms with van der Waals surface area (Å²) in [7, 11) is 0. The molecular formula is C29H32N4O4S. The fraction of sp³-hybridized carbons (Fsp3) is 0.414. The number of aliphatic hydroxyl groups is 1. The van der Waals surface area contributed by atoms with Crippen molar-refractivity contribution in [2.24, 2.45) is 0 Å². The fourth-order valence-electron chi connectivity index (χ4n) is 5.57. The van der Waals surface area contributed by atoms with Gasteiger partial charge in [-0.2, -0.15) is 0 Å². The lowest BCUT2D eigenvalue weighted by Gasteiger charge is -2.36. The zero-order chi connectivity index (χ0) is 26.4. The third-order valence-electron chi connectivity index (χ3n) is 7.67. The molecule has 2 fully saturated rings. The molecule has 0 aliphatic carbocycles. The highest BCUT2D eigenvalue weighted by atomic mass is 32.1. The number of carbonyl (C=O) groups excluding carboxylic acids is 2. The number of anilines is 1. The van der Waals surface area contributed by atoms with E-state index in [9.17, 15) is 14.7 Å². The largest absolute Gasteiger partial charge is 0.386 e. The number of likely N-dealkylation sites (tertiary alicyclic amines) is 1. The van der Waals surface area contributed by atoms with Crippen LogP contribution >= 0.6 is 11.3 Å². The van der Waals surface area contributed by atoms with E-state index in [1.165, 1.54) is 11.3 Å². The second kappa shape index (κ2) is 9.80. The van der Waals surface area contributed by atoms with Gasteiger partial charge in [0.05, 0.1) is 24.4 Å². The van der Waals surface area contributed by atoms with Crippen molar-refractivity contribution in [1.82, 2.24) is 15.2 Å². The third-order valence-corrected chi connectivity index (χ3v) is 8.94. The number of carbonyl (C=O) groups is 2. The van der Waals surface area contributed by atoms with Crippen LogP contribution in [0.5, 0.6) is 0 Å². The van der Waals surface area contributed by atoms with Gasteiger partial charge in [-0.05, 0) is 56.5 Å². The summed E-state index contributed by atoms with van der Waals surface area (Å²) >= 11 is 1.43. The van der Waals surface area contributed by atoms with Crippen molar-refractivity contribution in [1.29, 1.82) is 0 Å². The van der Waals surface area contributed by atoms with Gasteiger partial charge in [-0.1, -0.05) is 12.1 Å². The van der Waals surface area contributed by atoms with Gasteiger partial charge in [0.25, 0.3) is 11.8 Å². The van der Waals surface area contributed by atoms with E-state index in [0.717, 1.165) is 53.3 Å². The summed E-state index contributed by atoms with van der Waals surface area (Å²) in [6.07, 6.45) is 2.99. The molecule has 38 heavy (non-hydrogen) atoms. The van der Waals surface area contributed by atoms with E-state index in [1.54, 1.807) is 6.20 Å². The molecule has 8 nitrogen and oxygen atoms in total. The molecule has 5 heterocycles. The Balaban J connectivity index is 1.45. The van der Waals surface area contributed by atoms with Crippen LogP contribution in [-0.2, 0) is 4.74 Å². The fourth-order valence-corrected chi connectivity index (χ4v) is 6.87. The Morgan fingerprint density at radius 2 is 1.87 bits per heavy atom. The van der Waals surface area contributed by atoms with Gasteiger partial charge >= 0.3 is 0 Å². The summed E-state index contributed by atoms with van der Waals surface area (Å²) in [5.41, 5.74) is 3.87. The number of amides is 2. The molecule has 2 saturated heterocycles. The summed E-state index contributed by atoms with van der Waals surface area (Å²) in [5.74, 6) is -0.109. The summed E-state index contributed by atoms with van der Waals surface area (Å²) in [6, 6.07) is 11.6. The Labute approximate surface area is 226 Å². The van der Waals surface area contributed by atoms with Crippen LogP contribution in [0.3, 0.4) is 0 Å². The number of hydrogen-bond acceptors (Lipinski definition) is 7. The van der Waals surface area contributed by atoms with Gasteiger partial charge in [0.2, 0.25) is 0 Å². The van der Waals surface area contributed by atoms with Crippen LogP contribution in [0.4, 0.5) is 5.00 Å². The van der Waals surface area contributed by atoms with Gasteiger partial charge in [0.15, 0.2) is 0 Å². The molecule has 198 valence electrons. The molecule has 0 spiro atoms. The molecule has 3 aromatic rings. The molecule has 0 radical (unpaired) electrons. The number of thiophene rings is 1. The maximum atomic E-state index is 13.1. The molecule has 0 bridgehead atoms. The van der Waals surface area contributed by atoms with Crippen molar-refractivity contribution in [3.63, 3.8) is 0 Å². The third kappa shape index (κ3) is 4.38. The number of aliphatic hydroxyl groups excluding tert-OH is 1. The zero-order valence-electron chi connectivity index (χ0n) is 21.7. The number of nitrogens with zero attached hydrogens (tertiary/aromatic N) is 3. The van der Waals surface area contributed by atoms with E-state index < -0.39 is 11.6 Å². The molecule has 0 saturated carbocycles. The maximum Gasteiger partial charge on any atom is 0.262 e. The molecule has 2 aromatic heterocycles. The standard InChI is InChI=1S/C29H32N4O4S/c1-29(2)25(34)23-22(28(33-12-14-37-15-13-33)38-24(23)26(35)31-29)19-8-9-30-21(17-19)18-6-5-7-20(16-18)27(36)32-10-3-4-11-32/h5-9,16-17,25,34H,3-4,10-15H2,1-2H3,(H,31,35). The molecule has 2 N–H and O–H groups in total. The molecule has 2 amide bonds. The van der Waals surface area contributed by atoms with Crippen molar-refractivity contribution < 1.29 is 19.4 Å². The van der Waals surface area contributed by atoms with Gasteiger partial charge in [-0.15, -0.1) is 11.3 Å². The van der Waals surface area contributed by atoms with Crippen molar-refractivity contribution in [2.75, 3.05) is 44.3 Å². The Morgan fingerprint density at radius 3 is 2.63 bits per heavy atom. The molecule has 1 unspecified atom stereocenters. The minimum atomic E-state index is -0.866. The first-order chi connectivity index (χ1) is 18.3. The lowest BCUT2D eigenvalue weighted by Crippen LogP contribution is -2.51. The SMILES string of the molecule is CC1(C)NC(=O)c2sc(N3CCOCC3)c(-c3ccnc(-c4cccc(C(=O)N5CCCC5)c4)c3)c2C1O. The zero-order valence-corrected chi connectivity index (χ0v) is 22.5. The number of morpholine rings is 1. The van der Waals surface area contributed by atoms with Gasteiger partial charge in [0, 0.05) is 54.6 Å². The lowest BCUT2D eigenvalue weighted by atomic mass is 9.84. The van der Waals surface area contributed by atoms with Crippen LogP contribution in [0.15, 0.2) is 42.6 Å². The minimum absolute atomic E-state index is 0.0541. The first kappa shape index (κ1) is 25.0. The Bertz CT molecular complexity index is 1390. The Hall–Kier alpha value is -3.27. The normalized spacial score (nSPS) is 20.8. The predicted molar refractivity (Wildman–Crippen MR) is 148 cm³/mol. The van der Waals surface area contributed by atoms with E-state index in [1.807, 2.05) is 55.1 Å². The van der Waals surface area contributed by atoms with E-state index in [4.69, 9.17) is 4.74 Å². The number of hydrogen-bond donors (Lipinski definition) is 2. The van der Waals surface area contributed by atoms with Gasteiger partial charge < -0.3 is 25.0 Å². The molecule has 1 aromatic carbocycles. The Kier molecular flexibility index (Phi) is 6.45. The van der Waals surface area contributed by atoms with Crippen LogP contribution in [-0.4, -0.2) is 71.7 Å². The van der Waals surface area contributed by atoms with Crippen LogP contribution in [0.25, 0.3) is 22.4 Å². The minimum Gasteiger partial charge on any atom is -0.386 e. The molecule has 6 rings (SSSR count). The molecular weight excluding hydrogens is 500 g/mol. The average molecular weight is 533 g/mol. The van der Waals surface area contributed by atoms with Gasteiger partial charge in [-0.3, -0.25) is 14.6 Å². The van der Waals surface area contributed by atoms with Gasteiger partial charge in [0.1, 0.15) is 16.0 Å². The van der Waals surface area contributed by atoms with Crippen LogP contribution in [0, 0.1) is 0 Å². The van der Waals surface area contributed by atoms with E-state index >= 15 is 0 Å². The van der Waals surface area contributed by atoms with Crippen molar-refractivity contribution in [2.45, 2.75) is 38.3 Å². The summed E-state index contributed by atoms with van der Waals surface area (Å²) in [5, 5.41) is 15.4. The topological polar surface area (TPSA) is 95.0 Å². The maximum absolute atomic E-state index is 13.1.